The summed E-state index contributed by atoms with van der Waals surface area (Å²) in [5, 5.41) is 2.98. The molecule has 0 radical (unpaired) electrons. The van der Waals surface area contributed by atoms with Crippen LogP contribution in [0.15, 0.2) is 42.5 Å². The van der Waals surface area contributed by atoms with Crippen LogP contribution in [0.1, 0.15) is 30.0 Å². The van der Waals surface area contributed by atoms with E-state index in [1.807, 2.05) is 18.2 Å². The van der Waals surface area contributed by atoms with Crippen molar-refractivity contribution in [3.05, 3.63) is 59.2 Å². The summed E-state index contributed by atoms with van der Waals surface area (Å²) in [6, 6.07) is 14.4. The molecule has 0 fully saturated rings. The number of hydrogen-bond donors (Lipinski definition) is 1. The Hall–Kier alpha value is -2.49. The molecular formula is C20H23NO3. The van der Waals surface area contributed by atoms with Gasteiger partial charge in [-0.15, -0.1) is 0 Å². The predicted molar refractivity (Wildman–Crippen MR) is 93.4 cm³/mol. The highest BCUT2D eigenvalue weighted by Crippen LogP contribution is 2.32. The number of fused-ring (bicyclic) bond motifs is 1. The zero-order chi connectivity index (χ0) is 16.8. The van der Waals surface area contributed by atoms with Crippen LogP contribution < -0.4 is 14.8 Å². The first-order chi connectivity index (χ1) is 11.7. The van der Waals surface area contributed by atoms with E-state index in [2.05, 4.69) is 36.5 Å². The Labute approximate surface area is 142 Å². The maximum atomic E-state index is 12.0. The average molecular weight is 325 g/mol. The number of carbonyl (C=O) groups excluding carboxylic acids is 1. The highest BCUT2D eigenvalue weighted by molar-refractivity contribution is 5.76. The Morgan fingerprint density at radius 2 is 1.67 bits per heavy atom. The Morgan fingerprint density at radius 1 is 0.958 bits per heavy atom. The zero-order valence-corrected chi connectivity index (χ0v) is 14.0. The lowest BCUT2D eigenvalue weighted by molar-refractivity contribution is -0.121. The van der Waals surface area contributed by atoms with Gasteiger partial charge in [-0.1, -0.05) is 37.3 Å². The fourth-order valence-electron chi connectivity index (χ4n) is 2.73. The van der Waals surface area contributed by atoms with Crippen LogP contribution in [0.3, 0.4) is 0 Å². The van der Waals surface area contributed by atoms with Gasteiger partial charge in [0.1, 0.15) is 0 Å². The van der Waals surface area contributed by atoms with Crippen molar-refractivity contribution in [3.63, 3.8) is 0 Å². The molecule has 0 saturated carbocycles. The van der Waals surface area contributed by atoms with E-state index in [9.17, 15) is 4.79 Å². The number of carbonyl (C=O) groups is 1. The molecule has 1 aliphatic rings. The normalized spacial score (nSPS) is 12.2. The summed E-state index contributed by atoms with van der Waals surface area (Å²) >= 11 is 0. The van der Waals surface area contributed by atoms with Gasteiger partial charge < -0.3 is 14.8 Å². The highest BCUT2D eigenvalue weighted by Gasteiger charge is 2.13. The Bertz CT molecular complexity index is 695. The lowest BCUT2D eigenvalue weighted by Crippen LogP contribution is -2.25. The minimum atomic E-state index is 0.0929. The second kappa shape index (κ2) is 7.86. The van der Waals surface area contributed by atoms with Crippen LogP contribution in [0.25, 0.3) is 0 Å². The molecule has 0 aliphatic carbocycles. The minimum absolute atomic E-state index is 0.0929. The molecule has 0 saturated heterocycles. The van der Waals surface area contributed by atoms with Gasteiger partial charge in [0, 0.05) is 13.0 Å². The molecule has 1 N–H and O–H groups in total. The molecule has 0 aromatic heterocycles. The first-order valence-corrected chi connectivity index (χ1v) is 8.47. The SMILES string of the molecule is CCc1ccc(CCC(=O)NCCc2ccc3c(c2)OCO3)cc1. The fourth-order valence-corrected chi connectivity index (χ4v) is 2.73. The van der Waals surface area contributed by atoms with E-state index >= 15 is 0 Å². The summed E-state index contributed by atoms with van der Waals surface area (Å²) in [6.07, 6.45) is 3.13. The molecule has 2 aromatic rings. The lowest BCUT2D eigenvalue weighted by Gasteiger charge is -2.07. The summed E-state index contributed by atoms with van der Waals surface area (Å²) in [4.78, 5) is 12.0. The molecule has 3 rings (SSSR count). The van der Waals surface area contributed by atoms with Gasteiger partial charge in [-0.2, -0.15) is 0 Å². The van der Waals surface area contributed by atoms with Crippen molar-refractivity contribution in [3.8, 4) is 11.5 Å². The smallest absolute Gasteiger partial charge is 0.231 e. The molecule has 4 heteroatoms. The lowest BCUT2D eigenvalue weighted by atomic mass is 10.1. The largest absolute Gasteiger partial charge is 0.454 e. The third-order valence-electron chi connectivity index (χ3n) is 4.24. The van der Waals surface area contributed by atoms with Crippen LogP contribution in [0.2, 0.25) is 0 Å². The summed E-state index contributed by atoms with van der Waals surface area (Å²) < 4.78 is 10.7. The number of rotatable bonds is 7. The first-order valence-electron chi connectivity index (χ1n) is 8.47. The summed E-state index contributed by atoms with van der Waals surface area (Å²) in [5.41, 5.74) is 3.67. The quantitative estimate of drug-likeness (QED) is 0.850. The molecule has 126 valence electrons. The molecule has 1 heterocycles. The van der Waals surface area contributed by atoms with E-state index in [0.717, 1.165) is 36.3 Å². The van der Waals surface area contributed by atoms with Crippen molar-refractivity contribution in [1.29, 1.82) is 0 Å². The van der Waals surface area contributed by atoms with Gasteiger partial charge in [-0.05, 0) is 48.1 Å². The maximum Gasteiger partial charge on any atom is 0.231 e. The molecule has 0 bridgehead atoms. The van der Waals surface area contributed by atoms with Crippen molar-refractivity contribution in [2.45, 2.75) is 32.6 Å². The van der Waals surface area contributed by atoms with E-state index in [0.29, 0.717) is 13.0 Å². The number of aryl methyl sites for hydroxylation is 2. The van der Waals surface area contributed by atoms with E-state index in [1.54, 1.807) is 0 Å². The molecule has 0 spiro atoms. The molecule has 24 heavy (non-hydrogen) atoms. The van der Waals surface area contributed by atoms with Gasteiger partial charge in [-0.25, -0.2) is 0 Å². The van der Waals surface area contributed by atoms with Crippen molar-refractivity contribution in [1.82, 2.24) is 5.32 Å². The predicted octanol–water partition coefficient (Wildman–Crippen LogP) is 3.27. The summed E-state index contributed by atoms with van der Waals surface area (Å²) in [7, 11) is 0. The van der Waals surface area contributed by atoms with E-state index in [-0.39, 0.29) is 12.7 Å². The molecule has 0 unspecified atom stereocenters. The Balaban J connectivity index is 1.39. The van der Waals surface area contributed by atoms with Crippen LogP contribution in [-0.2, 0) is 24.1 Å². The van der Waals surface area contributed by atoms with Crippen molar-refractivity contribution in [2.24, 2.45) is 0 Å². The molecular weight excluding hydrogens is 302 g/mol. The number of ether oxygens (including phenoxy) is 2. The third-order valence-corrected chi connectivity index (χ3v) is 4.24. The Kier molecular flexibility index (Phi) is 5.36. The molecule has 1 aliphatic heterocycles. The standard InChI is InChI=1S/C20H23NO3/c1-2-15-3-5-16(6-4-15)8-10-20(22)21-12-11-17-7-9-18-19(13-17)24-14-23-18/h3-7,9,13H,2,8,10-12,14H2,1H3,(H,21,22). The van der Waals surface area contributed by atoms with Crippen LogP contribution in [0.5, 0.6) is 11.5 Å². The van der Waals surface area contributed by atoms with E-state index in [4.69, 9.17) is 9.47 Å². The van der Waals surface area contributed by atoms with Crippen LogP contribution in [-0.4, -0.2) is 19.2 Å². The summed E-state index contributed by atoms with van der Waals surface area (Å²) in [6.45, 7) is 3.06. The first kappa shape index (κ1) is 16.4. The number of hydrogen-bond acceptors (Lipinski definition) is 3. The number of benzene rings is 2. The molecule has 4 nitrogen and oxygen atoms in total. The van der Waals surface area contributed by atoms with Gasteiger partial charge >= 0.3 is 0 Å². The maximum absolute atomic E-state index is 12.0. The van der Waals surface area contributed by atoms with Crippen molar-refractivity contribution in [2.75, 3.05) is 13.3 Å². The van der Waals surface area contributed by atoms with Crippen molar-refractivity contribution < 1.29 is 14.3 Å². The average Bonchev–Trinajstić information content (AvgIpc) is 3.08. The van der Waals surface area contributed by atoms with Gasteiger partial charge in [0.05, 0.1) is 0 Å². The fraction of sp³-hybridized carbons (Fsp3) is 0.350. The second-order valence-electron chi connectivity index (χ2n) is 5.96. The topological polar surface area (TPSA) is 47.6 Å². The van der Waals surface area contributed by atoms with Gasteiger partial charge in [-0.3, -0.25) is 4.79 Å². The van der Waals surface area contributed by atoms with Crippen molar-refractivity contribution >= 4 is 5.91 Å². The highest BCUT2D eigenvalue weighted by atomic mass is 16.7. The molecule has 2 aromatic carbocycles. The zero-order valence-electron chi connectivity index (χ0n) is 14.0. The Morgan fingerprint density at radius 3 is 2.46 bits per heavy atom. The van der Waals surface area contributed by atoms with Gasteiger partial charge in [0.25, 0.3) is 0 Å². The van der Waals surface area contributed by atoms with Gasteiger partial charge in [0.2, 0.25) is 12.7 Å². The van der Waals surface area contributed by atoms with Crippen LogP contribution in [0, 0.1) is 0 Å². The minimum Gasteiger partial charge on any atom is -0.454 e. The third kappa shape index (κ3) is 4.28. The monoisotopic (exact) mass is 325 g/mol. The van der Waals surface area contributed by atoms with Crippen LogP contribution in [0.4, 0.5) is 0 Å². The van der Waals surface area contributed by atoms with E-state index < -0.39 is 0 Å². The molecule has 1 amide bonds. The summed E-state index contributed by atoms with van der Waals surface area (Å²) in [5.74, 6) is 1.67. The van der Waals surface area contributed by atoms with Gasteiger partial charge in [0.15, 0.2) is 11.5 Å². The van der Waals surface area contributed by atoms with E-state index in [1.165, 1.54) is 11.1 Å². The van der Waals surface area contributed by atoms with Crippen LogP contribution >= 0.6 is 0 Å². The molecule has 0 atom stereocenters. The number of nitrogens with one attached hydrogen (secondary N) is 1. The number of amides is 1. The second-order valence-corrected chi connectivity index (χ2v) is 5.96.